The fourth-order valence-corrected chi connectivity index (χ4v) is 2.17. The first kappa shape index (κ1) is 10.7. The van der Waals surface area contributed by atoms with Crippen molar-refractivity contribution in [2.24, 2.45) is 0 Å². The third kappa shape index (κ3) is 2.43. The Labute approximate surface area is 97.6 Å². The normalized spacial score (nSPS) is 18.1. The molecule has 0 unspecified atom stereocenters. The second-order valence-electron chi connectivity index (χ2n) is 3.88. The van der Waals surface area contributed by atoms with Gasteiger partial charge in [0.05, 0.1) is 0 Å². The zero-order valence-corrected chi connectivity index (χ0v) is 10.3. The first-order valence-electron chi connectivity index (χ1n) is 5.16. The van der Waals surface area contributed by atoms with Gasteiger partial charge in [-0.25, -0.2) is 0 Å². The summed E-state index contributed by atoms with van der Waals surface area (Å²) in [6.45, 7) is 3.48. The number of amides is 1. The van der Waals surface area contributed by atoms with Crippen molar-refractivity contribution in [1.82, 2.24) is 4.90 Å². The third-order valence-electron chi connectivity index (χ3n) is 2.66. The maximum atomic E-state index is 11.9. The van der Waals surface area contributed by atoms with Crippen molar-refractivity contribution in [2.45, 2.75) is 24.6 Å². The van der Waals surface area contributed by atoms with E-state index in [2.05, 4.69) is 15.9 Å². The second-order valence-corrected chi connectivity index (χ2v) is 5.17. The maximum absolute atomic E-state index is 11.9. The van der Waals surface area contributed by atoms with Gasteiger partial charge in [0.15, 0.2) is 5.76 Å². The van der Waals surface area contributed by atoms with Gasteiger partial charge in [0.2, 0.25) is 0 Å². The Balaban J connectivity index is 2.02. The summed E-state index contributed by atoms with van der Waals surface area (Å²) in [7, 11) is 0. The number of likely N-dealkylation sites (tertiary alicyclic amines) is 1. The van der Waals surface area contributed by atoms with Crippen LogP contribution in [-0.4, -0.2) is 28.7 Å². The number of alkyl halides is 1. The van der Waals surface area contributed by atoms with Crippen LogP contribution in [0.2, 0.25) is 0 Å². The molecule has 0 atom stereocenters. The van der Waals surface area contributed by atoms with Crippen LogP contribution in [0.1, 0.15) is 29.2 Å². The maximum Gasteiger partial charge on any atom is 0.289 e. The van der Waals surface area contributed by atoms with Gasteiger partial charge in [-0.15, -0.1) is 0 Å². The summed E-state index contributed by atoms with van der Waals surface area (Å²) in [5.41, 5.74) is 0. The van der Waals surface area contributed by atoms with Gasteiger partial charge < -0.3 is 9.32 Å². The number of piperidine rings is 1. The molecule has 3 nitrogen and oxygen atoms in total. The van der Waals surface area contributed by atoms with Crippen molar-refractivity contribution in [3.8, 4) is 0 Å². The van der Waals surface area contributed by atoms with E-state index in [1.165, 1.54) is 0 Å². The topological polar surface area (TPSA) is 33.5 Å². The molecular weight excluding hydrogens is 258 g/mol. The number of rotatable bonds is 1. The summed E-state index contributed by atoms with van der Waals surface area (Å²) in [6.07, 6.45) is 2.04. The van der Waals surface area contributed by atoms with Crippen molar-refractivity contribution in [3.05, 3.63) is 23.7 Å². The van der Waals surface area contributed by atoms with Gasteiger partial charge in [-0.1, -0.05) is 15.9 Å². The van der Waals surface area contributed by atoms with Crippen LogP contribution < -0.4 is 0 Å². The Kier molecular flexibility index (Phi) is 3.14. The lowest BCUT2D eigenvalue weighted by atomic mass is 10.1. The molecule has 1 aromatic heterocycles. The minimum Gasteiger partial charge on any atom is -0.456 e. The van der Waals surface area contributed by atoms with E-state index in [-0.39, 0.29) is 5.91 Å². The third-order valence-corrected chi connectivity index (χ3v) is 3.58. The van der Waals surface area contributed by atoms with Gasteiger partial charge in [0.1, 0.15) is 5.76 Å². The van der Waals surface area contributed by atoms with Gasteiger partial charge in [-0.3, -0.25) is 4.79 Å². The summed E-state index contributed by atoms with van der Waals surface area (Å²) in [5.74, 6) is 1.26. The zero-order valence-electron chi connectivity index (χ0n) is 8.70. The molecule has 15 heavy (non-hydrogen) atoms. The quantitative estimate of drug-likeness (QED) is 0.736. The molecule has 0 aliphatic carbocycles. The van der Waals surface area contributed by atoms with E-state index in [1.807, 2.05) is 17.9 Å². The lowest BCUT2D eigenvalue weighted by Crippen LogP contribution is -2.38. The molecule has 1 amide bonds. The molecule has 1 aliphatic rings. The van der Waals surface area contributed by atoms with Gasteiger partial charge >= 0.3 is 0 Å². The molecule has 1 saturated heterocycles. The van der Waals surface area contributed by atoms with Gasteiger partial charge in [0.25, 0.3) is 5.91 Å². The Morgan fingerprint density at radius 2 is 2.13 bits per heavy atom. The molecule has 82 valence electrons. The molecule has 0 aromatic carbocycles. The van der Waals surface area contributed by atoms with Crippen molar-refractivity contribution in [2.75, 3.05) is 13.1 Å². The Morgan fingerprint density at radius 3 is 2.67 bits per heavy atom. The van der Waals surface area contributed by atoms with E-state index in [0.717, 1.165) is 31.7 Å². The lowest BCUT2D eigenvalue weighted by Gasteiger charge is -2.28. The van der Waals surface area contributed by atoms with Crippen LogP contribution in [0.5, 0.6) is 0 Å². The van der Waals surface area contributed by atoms with E-state index < -0.39 is 0 Å². The van der Waals surface area contributed by atoms with E-state index in [1.54, 1.807) is 6.07 Å². The standard InChI is InChI=1S/C11H14BrNO2/c1-8-2-3-10(15-8)11(14)13-6-4-9(12)5-7-13/h2-3,9H,4-7H2,1H3. The molecule has 0 bridgehead atoms. The average molecular weight is 272 g/mol. The van der Waals surface area contributed by atoms with Gasteiger partial charge in [-0.2, -0.15) is 0 Å². The molecule has 0 spiro atoms. The molecule has 0 saturated carbocycles. The first-order valence-corrected chi connectivity index (χ1v) is 6.08. The molecule has 0 N–H and O–H groups in total. The number of halogens is 1. The molecule has 0 radical (unpaired) electrons. The summed E-state index contributed by atoms with van der Waals surface area (Å²) < 4.78 is 5.32. The monoisotopic (exact) mass is 271 g/mol. The summed E-state index contributed by atoms with van der Waals surface area (Å²) in [6, 6.07) is 3.57. The highest BCUT2D eigenvalue weighted by Crippen LogP contribution is 2.19. The van der Waals surface area contributed by atoms with Crippen LogP contribution in [0, 0.1) is 6.92 Å². The highest BCUT2D eigenvalue weighted by molar-refractivity contribution is 9.09. The molecule has 2 rings (SSSR count). The largest absolute Gasteiger partial charge is 0.456 e. The zero-order chi connectivity index (χ0) is 10.8. The number of carbonyl (C=O) groups is 1. The van der Waals surface area contributed by atoms with E-state index in [0.29, 0.717) is 10.6 Å². The molecule has 1 fully saturated rings. The summed E-state index contributed by atoms with van der Waals surface area (Å²) >= 11 is 3.56. The number of furan rings is 1. The number of aryl methyl sites for hydroxylation is 1. The average Bonchev–Trinajstić information content (AvgIpc) is 2.65. The molecule has 4 heteroatoms. The Morgan fingerprint density at radius 1 is 1.47 bits per heavy atom. The molecular formula is C11H14BrNO2. The van der Waals surface area contributed by atoms with Crippen molar-refractivity contribution < 1.29 is 9.21 Å². The van der Waals surface area contributed by atoms with Crippen LogP contribution in [0.15, 0.2) is 16.5 Å². The molecule has 1 aliphatic heterocycles. The van der Waals surface area contributed by atoms with Crippen LogP contribution in [-0.2, 0) is 0 Å². The van der Waals surface area contributed by atoms with Crippen molar-refractivity contribution >= 4 is 21.8 Å². The van der Waals surface area contributed by atoms with Gasteiger partial charge in [0, 0.05) is 17.9 Å². The minimum atomic E-state index is 0.0162. The number of hydrogen-bond donors (Lipinski definition) is 0. The predicted molar refractivity (Wildman–Crippen MR) is 61.3 cm³/mol. The number of nitrogens with zero attached hydrogens (tertiary/aromatic N) is 1. The van der Waals surface area contributed by atoms with Crippen LogP contribution in [0.4, 0.5) is 0 Å². The lowest BCUT2D eigenvalue weighted by molar-refractivity contribution is 0.0695. The smallest absolute Gasteiger partial charge is 0.289 e. The van der Waals surface area contributed by atoms with Crippen LogP contribution in [0.25, 0.3) is 0 Å². The highest BCUT2D eigenvalue weighted by atomic mass is 79.9. The molecule has 1 aromatic rings. The van der Waals surface area contributed by atoms with E-state index >= 15 is 0 Å². The summed E-state index contributed by atoms with van der Waals surface area (Å²) in [5, 5.41) is 0. The molecule has 2 heterocycles. The number of hydrogen-bond acceptors (Lipinski definition) is 2. The van der Waals surface area contributed by atoms with Crippen molar-refractivity contribution in [3.63, 3.8) is 0 Å². The van der Waals surface area contributed by atoms with Gasteiger partial charge in [-0.05, 0) is 31.9 Å². The summed E-state index contributed by atoms with van der Waals surface area (Å²) in [4.78, 5) is 14.3. The van der Waals surface area contributed by atoms with E-state index in [9.17, 15) is 4.79 Å². The number of carbonyl (C=O) groups excluding carboxylic acids is 1. The minimum absolute atomic E-state index is 0.0162. The van der Waals surface area contributed by atoms with Crippen molar-refractivity contribution in [1.29, 1.82) is 0 Å². The second kappa shape index (κ2) is 4.39. The van der Waals surface area contributed by atoms with E-state index in [4.69, 9.17) is 4.42 Å². The van der Waals surface area contributed by atoms with Crippen LogP contribution in [0.3, 0.4) is 0 Å². The fraction of sp³-hybridized carbons (Fsp3) is 0.545. The Hall–Kier alpha value is -0.770. The fourth-order valence-electron chi connectivity index (χ4n) is 1.76. The predicted octanol–water partition coefficient (Wildman–Crippen LogP) is 2.59. The SMILES string of the molecule is Cc1ccc(C(=O)N2CCC(Br)CC2)o1. The first-order chi connectivity index (χ1) is 7.16. The highest BCUT2D eigenvalue weighted by Gasteiger charge is 2.23. The Bertz CT molecular complexity index is 353. The van der Waals surface area contributed by atoms with Crippen LogP contribution >= 0.6 is 15.9 Å².